The summed E-state index contributed by atoms with van der Waals surface area (Å²) < 4.78 is 0. The maximum Gasteiger partial charge on any atom is 0.272 e. The zero-order chi connectivity index (χ0) is 12.3. The summed E-state index contributed by atoms with van der Waals surface area (Å²) in [6, 6.07) is 5.58. The lowest BCUT2D eigenvalue weighted by Crippen LogP contribution is -2.09. The molecule has 0 atom stereocenters. The number of nitrogens with zero attached hydrogens (tertiary/aromatic N) is 1. The number of benzene rings is 1. The Kier molecular flexibility index (Phi) is 3.68. The van der Waals surface area contributed by atoms with E-state index in [9.17, 15) is 10.1 Å². The molecule has 16 heavy (non-hydrogen) atoms. The normalized spacial score (nSPS) is 11.5. The quantitative estimate of drug-likeness (QED) is 0.576. The highest BCUT2D eigenvalue weighted by Crippen LogP contribution is 2.26. The Morgan fingerprint density at radius 1 is 1.31 bits per heavy atom. The third kappa shape index (κ3) is 3.33. The van der Waals surface area contributed by atoms with Crippen molar-refractivity contribution in [1.29, 1.82) is 0 Å². The molecule has 0 N–H and O–H groups in total. The summed E-state index contributed by atoms with van der Waals surface area (Å²) in [7, 11) is 0. The van der Waals surface area contributed by atoms with Gasteiger partial charge in [0, 0.05) is 11.6 Å². The number of aryl methyl sites for hydroxylation is 1. The van der Waals surface area contributed by atoms with Crippen molar-refractivity contribution in [2.75, 3.05) is 0 Å². The van der Waals surface area contributed by atoms with Gasteiger partial charge in [-0.3, -0.25) is 10.1 Å². The van der Waals surface area contributed by atoms with Crippen LogP contribution in [0.3, 0.4) is 0 Å². The Morgan fingerprint density at radius 3 is 2.38 bits per heavy atom. The molecule has 0 fully saturated rings. The van der Waals surface area contributed by atoms with Gasteiger partial charge in [0.25, 0.3) is 5.69 Å². The van der Waals surface area contributed by atoms with E-state index in [1.54, 1.807) is 6.07 Å². The van der Waals surface area contributed by atoms with Gasteiger partial charge in [-0.25, -0.2) is 0 Å². The molecule has 1 aromatic rings. The molecule has 1 rings (SSSR count). The highest BCUT2D eigenvalue weighted by Gasteiger charge is 2.16. The van der Waals surface area contributed by atoms with E-state index in [0.717, 1.165) is 17.5 Å². The summed E-state index contributed by atoms with van der Waals surface area (Å²) in [6.07, 6.45) is 1.56. The molecule has 0 unspecified atom stereocenters. The van der Waals surface area contributed by atoms with Crippen molar-refractivity contribution in [3.8, 4) is 0 Å². The molecule has 0 heterocycles. The lowest BCUT2D eigenvalue weighted by Gasteiger charge is -2.18. The molecule has 88 valence electrons. The minimum atomic E-state index is -0.287. The number of rotatable bonds is 3. The van der Waals surface area contributed by atoms with Crippen molar-refractivity contribution < 1.29 is 4.92 Å². The fourth-order valence-corrected chi connectivity index (χ4v) is 1.80. The van der Waals surface area contributed by atoms with Crippen molar-refractivity contribution in [2.24, 2.45) is 5.41 Å². The molecular weight excluding hydrogens is 202 g/mol. The molecule has 1 aromatic carbocycles. The summed E-state index contributed by atoms with van der Waals surface area (Å²) in [4.78, 5) is 10.6. The summed E-state index contributed by atoms with van der Waals surface area (Å²) in [6.45, 7) is 8.33. The highest BCUT2D eigenvalue weighted by atomic mass is 16.6. The maximum absolute atomic E-state index is 10.9. The first-order chi connectivity index (χ1) is 7.33. The van der Waals surface area contributed by atoms with Gasteiger partial charge < -0.3 is 0 Å². The Balaban J connectivity index is 3.07. The molecule has 0 radical (unpaired) electrons. The van der Waals surface area contributed by atoms with E-state index >= 15 is 0 Å². The van der Waals surface area contributed by atoms with Crippen LogP contribution in [0, 0.1) is 15.5 Å². The second-order valence-electron chi connectivity index (χ2n) is 5.31. The Bertz CT molecular complexity index is 391. The van der Waals surface area contributed by atoms with Gasteiger partial charge in [-0.1, -0.05) is 39.8 Å². The number of nitro benzene ring substituents is 1. The minimum Gasteiger partial charge on any atom is -0.258 e. The van der Waals surface area contributed by atoms with Gasteiger partial charge in [-0.05, 0) is 23.8 Å². The number of hydrogen-bond donors (Lipinski definition) is 0. The van der Waals surface area contributed by atoms with Gasteiger partial charge >= 0.3 is 0 Å². The van der Waals surface area contributed by atoms with Gasteiger partial charge in [0.15, 0.2) is 0 Å². The molecule has 0 aliphatic heterocycles. The molecule has 0 saturated carbocycles. The zero-order valence-electron chi connectivity index (χ0n) is 10.4. The third-order valence-electron chi connectivity index (χ3n) is 2.46. The SMILES string of the molecule is CCc1ccc(CC(C)(C)C)cc1[N+](=O)[O-]. The fourth-order valence-electron chi connectivity index (χ4n) is 1.80. The van der Waals surface area contributed by atoms with Gasteiger partial charge in [0.1, 0.15) is 0 Å². The van der Waals surface area contributed by atoms with Crippen LogP contribution in [0.2, 0.25) is 0 Å². The number of nitro groups is 1. The molecule has 3 nitrogen and oxygen atoms in total. The van der Waals surface area contributed by atoms with E-state index in [4.69, 9.17) is 0 Å². The molecule has 0 aliphatic carbocycles. The first-order valence-corrected chi connectivity index (χ1v) is 5.59. The van der Waals surface area contributed by atoms with Crippen molar-refractivity contribution >= 4 is 5.69 Å². The van der Waals surface area contributed by atoms with E-state index in [-0.39, 0.29) is 16.0 Å². The Morgan fingerprint density at radius 2 is 1.94 bits per heavy atom. The summed E-state index contributed by atoms with van der Waals surface area (Å²) in [5.74, 6) is 0. The van der Waals surface area contributed by atoms with Crippen molar-refractivity contribution in [1.82, 2.24) is 0 Å². The van der Waals surface area contributed by atoms with Crippen LogP contribution in [-0.2, 0) is 12.8 Å². The first kappa shape index (κ1) is 12.7. The van der Waals surface area contributed by atoms with Crippen LogP contribution in [0.4, 0.5) is 5.69 Å². The van der Waals surface area contributed by atoms with Crippen LogP contribution in [0.25, 0.3) is 0 Å². The molecule has 0 aromatic heterocycles. The molecule has 0 bridgehead atoms. The topological polar surface area (TPSA) is 43.1 Å². The summed E-state index contributed by atoms with van der Waals surface area (Å²) in [5, 5.41) is 10.9. The molecule has 0 spiro atoms. The van der Waals surface area contributed by atoms with E-state index < -0.39 is 0 Å². The molecule has 3 heteroatoms. The highest BCUT2D eigenvalue weighted by molar-refractivity contribution is 5.43. The van der Waals surface area contributed by atoms with Crippen LogP contribution in [0.15, 0.2) is 18.2 Å². The van der Waals surface area contributed by atoms with E-state index in [2.05, 4.69) is 20.8 Å². The van der Waals surface area contributed by atoms with Crippen molar-refractivity contribution in [3.05, 3.63) is 39.4 Å². The van der Waals surface area contributed by atoms with Crippen LogP contribution in [0.5, 0.6) is 0 Å². The second-order valence-corrected chi connectivity index (χ2v) is 5.31. The maximum atomic E-state index is 10.9. The lowest BCUT2D eigenvalue weighted by atomic mass is 9.87. The predicted molar refractivity (Wildman–Crippen MR) is 65.6 cm³/mol. The monoisotopic (exact) mass is 221 g/mol. The summed E-state index contributed by atoms with van der Waals surface area (Å²) >= 11 is 0. The average molecular weight is 221 g/mol. The summed E-state index contributed by atoms with van der Waals surface area (Å²) in [5.41, 5.74) is 2.25. The van der Waals surface area contributed by atoms with Crippen LogP contribution in [0.1, 0.15) is 38.8 Å². The molecule has 0 aliphatic rings. The Labute approximate surface area is 96.6 Å². The zero-order valence-corrected chi connectivity index (χ0v) is 10.4. The standard InChI is InChI=1S/C13H19NO2/c1-5-11-7-6-10(9-13(2,3)4)8-12(11)14(15)16/h6-8H,5,9H2,1-4H3. The van der Waals surface area contributed by atoms with E-state index in [1.165, 1.54) is 0 Å². The smallest absolute Gasteiger partial charge is 0.258 e. The predicted octanol–water partition coefficient (Wildman–Crippen LogP) is 3.75. The molecular formula is C13H19NO2. The van der Waals surface area contributed by atoms with Gasteiger partial charge in [-0.2, -0.15) is 0 Å². The van der Waals surface area contributed by atoms with Crippen molar-refractivity contribution in [3.63, 3.8) is 0 Å². The fraction of sp³-hybridized carbons (Fsp3) is 0.538. The van der Waals surface area contributed by atoms with Gasteiger partial charge in [0.05, 0.1) is 4.92 Å². The average Bonchev–Trinajstić information content (AvgIpc) is 2.15. The Hall–Kier alpha value is -1.38. The van der Waals surface area contributed by atoms with Gasteiger partial charge in [-0.15, -0.1) is 0 Å². The van der Waals surface area contributed by atoms with E-state index in [1.807, 2.05) is 19.1 Å². The van der Waals surface area contributed by atoms with Crippen LogP contribution < -0.4 is 0 Å². The molecule has 0 saturated heterocycles. The van der Waals surface area contributed by atoms with Gasteiger partial charge in [0.2, 0.25) is 0 Å². The van der Waals surface area contributed by atoms with Crippen molar-refractivity contribution in [2.45, 2.75) is 40.5 Å². The lowest BCUT2D eigenvalue weighted by molar-refractivity contribution is -0.385. The third-order valence-corrected chi connectivity index (χ3v) is 2.46. The number of hydrogen-bond acceptors (Lipinski definition) is 2. The molecule has 0 amide bonds. The first-order valence-electron chi connectivity index (χ1n) is 5.59. The second kappa shape index (κ2) is 4.64. The van der Waals surface area contributed by atoms with Crippen LogP contribution >= 0.6 is 0 Å². The minimum absolute atomic E-state index is 0.154. The van der Waals surface area contributed by atoms with Crippen LogP contribution in [-0.4, -0.2) is 4.92 Å². The largest absolute Gasteiger partial charge is 0.272 e. The van der Waals surface area contributed by atoms with E-state index in [0.29, 0.717) is 6.42 Å².